The molecule has 0 heterocycles. The summed E-state index contributed by atoms with van der Waals surface area (Å²) >= 11 is 0. The predicted molar refractivity (Wildman–Crippen MR) is 172 cm³/mol. The fourth-order valence-electron chi connectivity index (χ4n) is 5.41. The number of aliphatic hydroxyl groups is 1. The van der Waals surface area contributed by atoms with E-state index in [1.807, 2.05) is 37.3 Å². The van der Waals surface area contributed by atoms with Crippen LogP contribution in [-0.2, 0) is 19.9 Å². The molecule has 0 saturated heterocycles. The number of aliphatic hydroxyl groups excluding tert-OH is 1. The Bertz CT molecular complexity index is 1560. The molecular weight excluding hydrogens is 585 g/mol. The quantitative estimate of drug-likeness (QED) is 0.177. The topological polar surface area (TPSA) is 113 Å². The second-order valence-electron chi connectivity index (χ2n) is 11.6. The van der Waals surface area contributed by atoms with E-state index in [1.165, 1.54) is 10.4 Å². The van der Waals surface area contributed by atoms with Crippen LogP contribution in [0, 0.1) is 0 Å². The van der Waals surface area contributed by atoms with Gasteiger partial charge in [-0.25, -0.2) is 16.8 Å². The van der Waals surface area contributed by atoms with Crippen molar-refractivity contribution in [2.24, 2.45) is 0 Å². The molecule has 0 aliphatic heterocycles. The molecule has 2 unspecified atom stereocenters. The number of hydrogen-bond acceptors (Lipinski definition) is 7. The van der Waals surface area contributed by atoms with Crippen LogP contribution < -0.4 is 10.1 Å². The number of rotatable bonds is 18. The zero-order chi connectivity index (χ0) is 31.0. The SMILES string of the molecule is CCC(CCCCC(CC)S(=O)(=O)c1ccc2ccccc2c1)NC[C@H](O)COc1cccc(S(=O)(=O)N(C)C2CC2)c1. The molecular formula is C33H46N2O6S2. The lowest BCUT2D eigenvalue weighted by Gasteiger charge is -2.21. The first-order chi connectivity index (χ1) is 20.6. The van der Waals surface area contributed by atoms with Crippen LogP contribution in [0.5, 0.6) is 5.75 Å². The van der Waals surface area contributed by atoms with Crippen LogP contribution in [-0.4, -0.2) is 69.9 Å². The molecule has 3 aromatic carbocycles. The van der Waals surface area contributed by atoms with E-state index < -0.39 is 31.2 Å². The molecule has 0 aromatic heterocycles. The van der Waals surface area contributed by atoms with Gasteiger partial charge >= 0.3 is 0 Å². The third kappa shape index (κ3) is 8.79. The standard InChI is InChI=1S/C33H46N2O6S2/c1-4-27(13-8-9-15-31(5-2)42(37,38)32-20-17-25-11-6-7-12-26(25)21-32)34-23-29(36)24-41-30-14-10-16-33(22-30)43(39,40)35(3)28-18-19-28/h6-7,10-12,14,16-17,20-22,27-29,31,34,36H,4-5,8-9,13,15,18-19,23-24H2,1-3H3/t27?,29-,31?/m0/s1. The minimum absolute atomic E-state index is 0.0379. The molecule has 8 nitrogen and oxygen atoms in total. The fourth-order valence-corrected chi connectivity index (χ4v) is 8.71. The van der Waals surface area contributed by atoms with E-state index in [-0.39, 0.29) is 23.6 Å². The molecule has 3 atom stereocenters. The molecule has 4 rings (SSSR count). The normalized spacial score (nSPS) is 16.3. The lowest BCUT2D eigenvalue weighted by molar-refractivity contribution is 0.103. The number of sulfonamides is 1. The first kappa shape index (κ1) is 33.4. The van der Waals surface area contributed by atoms with Crippen molar-refractivity contribution in [3.8, 4) is 5.75 Å². The van der Waals surface area contributed by atoms with Crippen molar-refractivity contribution in [2.45, 2.75) is 98.4 Å². The van der Waals surface area contributed by atoms with Crippen molar-refractivity contribution in [3.63, 3.8) is 0 Å². The minimum Gasteiger partial charge on any atom is -0.491 e. The van der Waals surface area contributed by atoms with Crippen molar-refractivity contribution in [3.05, 3.63) is 66.7 Å². The Kier molecular flexibility index (Phi) is 11.6. The number of ether oxygens (including phenoxy) is 1. The molecule has 2 N–H and O–H groups in total. The summed E-state index contributed by atoms with van der Waals surface area (Å²) in [6.07, 6.45) is 5.66. The highest BCUT2D eigenvalue weighted by molar-refractivity contribution is 7.92. The summed E-state index contributed by atoms with van der Waals surface area (Å²) in [7, 11) is -5.37. The minimum atomic E-state index is -3.57. The van der Waals surface area contributed by atoms with Gasteiger partial charge in [0.2, 0.25) is 10.0 Å². The Morgan fingerprint density at radius 2 is 1.60 bits per heavy atom. The van der Waals surface area contributed by atoms with Gasteiger partial charge in [-0.05, 0) is 73.6 Å². The molecule has 0 bridgehead atoms. The Morgan fingerprint density at radius 3 is 2.30 bits per heavy atom. The highest BCUT2D eigenvalue weighted by Gasteiger charge is 2.35. The van der Waals surface area contributed by atoms with Crippen molar-refractivity contribution >= 4 is 30.6 Å². The zero-order valence-corrected chi connectivity index (χ0v) is 27.1. The fraction of sp³-hybridized carbons (Fsp3) is 0.515. The average Bonchev–Trinajstić information content (AvgIpc) is 3.86. The zero-order valence-electron chi connectivity index (χ0n) is 25.5. The van der Waals surface area contributed by atoms with Crippen molar-refractivity contribution in [1.82, 2.24) is 9.62 Å². The molecule has 43 heavy (non-hydrogen) atoms. The molecule has 3 aromatic rings. The molecule has 10 heteroatoms. The van der Waals surface area contributed by atoms with E-state index in [2.05, 4.69) is 12.2 Å². The van der Waals surface area contributed by atoms with Crippen LogP contribution in [0.3, 0.4) is 0 Å². The number of unbranched alkanes of at least 4 members (excludes halogenated alkanes) is 1. The maximum atomic E-state index is 13.4. The molecule has 1 aliphatic rings. The van der Waals surface area contributed by atoms with Gasteiger partial charge in [0, 0.05) is 31.7 Å². The van der Waals surface area contributed by atoms with Crippen LogP contribution in [0.4, 0.5) is 0 Å². The summed E-state index contributed by atoms with van der Waals surface area (Å²) in [5.74, 6) is 0.403. The number of benzene rings is 3. The van der Waals surface area contributed by atoms with Crippen LogP contribution in [0.15, 0.2) is 76.5 Å². The lowest BCUT2D eigenvalue weighted by Crippen LogP contribution is -2.37. The second kappa shape index (κ2) is 15.0. The number of hydrogen-bond donors (Lipinski definition) is 2. The second-order valence-corrected chi connectivity index (χ2v) is 15.8. The Morgan fingerprint density at radius 1 is 0.884 bits per heavy atom. The van der Waals surface area contributed by atoms with Crippen LogP contribution in [0.2, 0.25) is 0 Å². The first-order valence-electron chi connectivity index (χ1n) is 15.4. The van der Waals surface area contributed by atoms with E-state index >= 15 is 0 Å². The van der Waals surface area contributed by atoms with Gasteiger partial charge in [0.05, 0.1) is 15.0 Å². The Balaban J connectivity index is 1.20. The highest BCUT2D eigenvalue weighted by Crippen LogP contribution is 2.31. The first-order valence-corrected chi connectivity index (χ1v) is 18.4. The van der Waals surface area contributed by atoms with Gasteiger partial charge in [0.1, 0.15) is 18.5 Å². The van der Waals surface area contributed by atoms with E-state index in [0.29, 0.717) is 30.0 Å². The molecule has 0 radical (unpaired) electrons. The Labute approximate surface area is 257 Å². The van der Waals surface area contributed by atoms with Gasteiger partial charge in [-0.3, -0.25) is 0 Å². The van der Waals surface area contributed by atoms with Crippen molar-refractivity contribution < 1.29 is 26.7 Å². The van der Waals surface area contributed by atoms with Gasteiger partial charge in [0.15, 0.2) is 9.84 Å². The van der Waals surface area contributed by atoms with Gasteiger partial charge in [-0.1, -0.05) is 63.1 Å². The molecule has 236 valence electrons. The van der Waals surface area contributed by atoms with Gasteiger partial charge in [-0.15, -0.1) is 0 Å². The van der Waals surface area contributed by atoms with E-state index in [9.17, 15) is 21.9 Å². The molecule has 0 amide bonds. The van der Waals surface area contributed by atoms with Gasteiger partial charge < -0.3 is 15.2 Å². The third-order valence-electron chi connectivity index (χ3n) is 8.39. The van der Waals surface area contributed by atoms with Crippen LogP contribution in [0.1, 0.15) is 65.2 Å². The molecule has 1 fully saturated rings. The monoisotopic (exact) mass is 630 g/mol. The maximum Gasteiger partial charge on any atom is 0.243 e. The average molecular weight is 631 g/mol. The van der Waals surface area contributed by atoms with Crippen LogP contribution >= 0.6 is 0 Å². The maximum absolute atomic E-state index is 13.4. The summed E-state index contributed by atoms with van der Waals surface area (Å²) in [6, 6.07) is 19.8. The number of fused-ring (bicyclic) bond motifs is 1. The van der Waals surface area contributed by atoms with Crippen molar-refractivity contribution in [2.75, 3.05) is 20.2 Å². The summed E-state index contributed by atoms with van der Waals surface area (Å²) in [4.78, 5) is 0.578. The van der Waals surface area contributed by atoms with Gasteiger partial charge in [0.25, 0.3) is 0 Å². The molecule has 1 saturated carbocycles. The third-order valence-corrected chi connectivity index (χ3v) is 12.7. The molecule has 0 spiro atoms. The summed E-state index contributed by atoms with van der Waals surface area (Å²) in [6.45, 7) is 4.40. The summed E-state index contributed by atoms with van der Waals surface area (Å²) < 4.78 is 59.5. The lowest BCUT2D eigenvalue weighted by atomic mass is 10.0. The smallest absolute Gasteiger partial charge is 0.243 e. The predicted octanol–water partition coefficient (Wildman–Crippen LogP) is 5.54. The number of nitrogens with zero attached hydrogens (tertiary/aromatic N) is 1. The van der Waals surface area contributed by atoms with Crippen LogP contribution in [0.25, 0.3) is 10.8 Å². The Hall–Kier alpha value is -2.50. The molecule has 1 aliphatic carbocycles. The summed E-state index contributed by atoms with van der Waals surface area (Å²) in [5.41, 5.74) is 0. The number of sulfone groups is 1. The largest absolute Gasteiger partial charge is 0.491 e. The van der Waals surface area contributed by atoms with E-state index in [4.69, 9.17) is 4.74 Å². The highest BCUT2D eigenvalue weighted by atomic mass is 32.2. The van der Waals surface area contributed by atoms with Crippen molar-refractivity contribution in [1.29, 1.82) is 0 Å². The van der Waals surface area contributed by atoms with E-state index in [0.717, 1.165) is 49.3 Å². The van der Waals surface area contributed by atoms with Gasteiger partial charge in [-0.2, -0.15) is 4.31 Å². The summed E-state index contributed by atoms with van der Waals surface area (Å²) in [5, 5.41) is 15.5. The van der Waals surface area contributed by atoms with E-state index in [1.54, 1.807) is 37.4 Å². The number of nitrogens with one attached hydrogen (secondary N) is 1.